The van der Waals surface area contributed by atoms with Gasteiger partial charge in [-0.1, -0.05) is 58.4 Å². The zero-order valence-corrected chi connectivity index (χ0v) is 16.3. The number of amides is 1. The van der Waals surface area contributed by atoms with E-state index in [2.05, 4.69) is 20.9 Å². The van der Waals surface area contributed by atoms with E-state index >= 15 is 0 Å². The second-order valence-electron chi connectivity index (χ2n) is 5.90. The molecule has 0 saturated carbocycles. The molecule has 2 heterocycles. The van der Waals surface area contributed by atoms with Gasteiger partial charge >= 0.3 is 5.91 Å². The summed E-state index contributed by atoms with van der Waals surface area (Å²) in [5.74, 6) is -1.62. The summed E-state index contributed by atoms with van der Waals surface area (Å²) in [7, 11) is 0. The number of carbonyl (C=O) groups excluding carboxylic acids is 2. The molecule has 2 aromatic carbocycles. The van der Waals surface area contributed by atoms with Gasteiger partial charge in [0, 0.05) is 21.6 Å². The van der Waals surface area contributed by atoms with Gasteiger partial charge in [0.05, 0.1) is 11.6 Å². The van der Waals surface area contributed by atoms with Crippen LogP contribution >= 0.6 is 27.3 Å². The van der Waals surface area contributed by atoms with Gasteiger partial charge in [-0.25, -0.2) is 4.98 Å². The number of hydrogen-bond acceptors (Lipinski definition) is 5. The lowest BCUT2D eigenvalue weighted by atomic mass is 9.95. The molecule has 4 rings (SSSR count). The number of aliphatic hydroxyl groups excluding tert-OH is 1. The Morgan fingerprint density at radius 3 is 2.41 bits per heavy atom. The summed E-state index contributed by atoms with van der Waals surface area (Å²) in [4.78, 5) is 31.2. The fourth-order valence-electron chi connectivity index (χ4n) is 3.08. The number of aliphatic hydroxyl groups is 1. The molecule has 134 valence electrons. The van der Waals surface area contributed by atoms with Crippen LogP contribution in [0.2, 0.25) is 0 Å². The predicted octanol–water partition coefficient (Wildman–Crippen LogP) is 4.53. The average Bonchev–Trinajstić information content (AvgIpc) is 3.30. The van der Waals surface area contributed by atoms with Crippen molar-refractivity contribution in [1.29, 1.82) is 0 Å². The van der Waals surface area contributed by atoms with E-state index in [1.165, 1.54) is 16.2 Å². The highest BCUT2D eigenvalue weighted by Gasteiger charge is 2.47. The van der Waals surface area contributed by atoms with Crippen LogP contribution in [0.1, 0.15) is 17.2 Å². The Balaban J connectivity index is 1.94. The third kappa shape index (κ3) is 3.09. The smallest absolute Gasteiger partial charge is 0.301 e. The van der Waals surface area contributed by atoms with Crippen molar-refractivity contribution in [1.82, 2.24) is 4.98 Å². The van der Waals surface area contributed by atoms with Gasteiger partial charge in [-0.3, -0.25) is 14.5 Å². The molecule has 1 atom stereocenters. The van der Waals surface area contributed by atoms with Crippen molar-refractivity contribution in [2.24, 2.45) is 0 Å². The molecule has 1 aliphatic heterocycles. The molecule has 1 aromatic heterocycles. The summed E-state index contributed by atoms with van der Waals surface area (Å²) in [6.45, 7) is 0. The Hall–Kier alpha value is -2.77. The number of hydrogen-bond donors (Lipinski definition) is 1. The maximum atomic E-state index is 12.8. The summed E-state index contributed by atoms with van der Waals surface area (Å²) in [6.07, 6.45) is 1.58. The normalized spacial score (nSPS) is 18.9. The first-order chi connectivity index (χ1) is 13.1. The quantitative estimate of drug-likeness (QED) is 0.368. The molecule has 27 heavy (non-hydrogen) atoms. The number of anilines is 1. The van der Waals surface area contributed by atoms with Crippen LogP contribution < -0.4 is 4.90 Å². The molecule has 3 aromatic rings. The third-order valence-electron chi connectivity index (χ3n) is 4.30. The topological polar surface area (TPSA) is 70.5 Å². The molecule has 1 saturated heterocycles. The van der Waals surface area contributed by atoms with Crippen LogP contribution in [0, 0.1) is 0 Å². The van der Waals surface area contributed by atoms with Crippen molar-refractivity contribution in [3.8, 4) is 0 Å². The number of ketones is 1. The van der Waals surface area contributed by atoms with Gasteiger partial charge < -0.3 is 5.11 Å². The van der Waals surface area contributed by atoms with Crippen LogP contribution in [0.4, 0.5) is 5.13 Å². The first kappa shape index (κ1) is 17.6. The number of nitrogens with zero attached hydrogens (tertiary/aromatic N) is 2. The first-order valence-corrected chi connectivity index (χ1v) is 9.76. The molecule has 0 radical (unpaired) electrons. The largest absolute Gasteiger partial charge is 0.507 e. The van der Waals surface area contributed by atoms with Gasteiger partial charge in [-0.2, -0.15) is 0 Å². The van der Waals surface area contributed by atoms with E-state index in [-0.39, 0.29) is 11.3 Å². The Morgan fingerprint density at radius 1 is 1.07 bits per heavy atom. The van der Waals surface area contributed by atoms with Crippen molar-refractivity contribution < 1.29 is 14.7 Å². The first-order valence-electron chi connectivity index (χ1n) is 8.09. The predicted molar refractivity (Wildman–Crippen MR) is 107 cm³/mol. The Morgan fingerprint density at radius 2 is 1.78 bits per heavy atom. The van der Waals surface area contributed by atoms with Crippen LogP contribution in [0.25, 0.3) is 5.76 Å². The molecular weight excluding hydrogens is 428 g/mol. The minimum absolute atomic E-state index is 0.0590. The maximum Gasteiger partial charge on any atom is 0.301 e. The zero-order chi connectivity index (χ0) is 19.0. The van der Waals surface area contributed by atoms with E-state index in [4.69, 9.17) is 0 Å². The van der Waals surface area contributed by atoms with Crippen LogP contribution in [-0.4, -0.2) is 21.8 Å². The number of thiazole rings is 1. The minimum Gasteiger partial charge on any atom is -0.507 e. The lowest BCUT2D eigenvalue weighted by Gasteiger charge is -2.23. The Kier molecular flexibility index (Phi) is 4.63. The van der Waals surface area contributed by atoms with E-state index in [9.17, 15) is 14.7 Å². The number of carbonyl (C=O) groups is 2. The molecule has 1 fully saturated rings. The monoisotopic (exact) mass is 440 g/mol. The fourth-order valence-corrected chi connectivity index (χ4v) is 4.01. The van der Waals surface area contributed by atoms with Crippen molar-refractivity contribution >= 4 is 49.8 Å². The molecule has 0 bridgehead atoms. The second kappa shape index (κ2) is 7.09. The molecule has 1 N–H and O–H groups in total. The highest BCUT2D eigenvalue weighted by Crippen LogP contribution is 2.42. The second-order valence-corrected chi connectivity index (χ2v) is 7.69. The number of Topliss-reactive ketones (excluding diaryl/α,β-unsaturated/α-hetero) is 1. The van der Waals surface area contributed by atoms with E-state index in [0.29, 0.717) is 16.3 Å². The van der Waals surface area contributed by atoms with E-state index in [1.807, 2.05) is 30.3 Å². The number of aromatic nitrogens is 1. The molecule has 0 spiro atoms. The van der Waals surface area contributed by atoms with Gasteiger partial charge in [0.25, 0.3) is 5.78 Å². The van der Waals surface area contributed by atoms with E-state index in [1.54, 1.807) is 35.8 Å². The zero-order valence-electron chi connectivity index (χ0n) is 13.9. The maximum absolute atomic E-state index is 12.8. The van der Waals surface area contributed by atoms with Gasteiger partial charge in [0.2, 0.25) is 0 Å². The number of benzene rings is 2. The summed E-state index contributed by atoms with van der Waals surface area (Å²) >= 11 is 4.66. The van der Waals surface area contributed by atoms with Crippen LogP contribution in [-0.2, 0) is 9.59 Å². The molecule has 1 aliphatic rings. The molecule has 1 amide bonds. The number of halogens is 1. The Bertz CT molecular complexity index is 1030. The molecular formula is C20H13BrN2O3S. The molecule has 0 aliphatic carbocycles. The summed E-state index contributed by atoms with van der Waals surface area (Å²) in [6, 6.07) is 15.3. The van der Waals surface area contributed by atoms with Crippen molar-refractivity contribution in [3.05, 3.63) is 87.3 Å². The van der Waals surface area contributed by atoms with Gasteiger partial charge in [0.1, 0.15) is 5.76 Å². The lowest BCUT2D eigenvalue weighted by Crippen LogP contribution is -2.29. The standard InChI is InChI=1S/C20H13BrN2O3S/c21-14-8-6-12(7-9-14)16-15(17(24)13-4-2-1-3-5-13)18(25)19(26)23(16)20-22-10-11-27-20/h1-11,16,24H. The average molecular weight is 441 g/mol. The lowest BCUT2D eigenvalue weighted by molar-refractivity contribution is -0.132. The summed E-state index contributed by atoms with van der Waals surface area (Å²) in [5, 5.41) is 13.0. The summed E-state index contributed by atoms with van der Waals surface area (Å²) in [5.41, 5.74) is 1.26. The third-order valence-corrected chi connectivity index (χ3v) is 5.60. The van der Waals surface area contributed by atoms with E-state index in [0.717, 1.165) is 4.47 Å². The highest BCUT2D eigenvalue weighted by molar-refractivity contribution is 9.10. The van der Waals surface area contributed by atoms with Gasteiger partial charge in [-0.15, -0.1) is 11.3 Å². The Labute approximate surface area is 167 Å². The van der Waals surface area contributed by atoms with Crippen molar-refractivity contribution in [2.45, 2.75) is 6.04 Å². The molecule has 7 heteroatoms. The molecule has 5 nitrogen and oxygen atoms in total. The van der Waals surface area contributed by atoms with Crippen molar-refractivity contribution in [3.63, 3.8) is 0 Å². The van der Waals surface area contributed by atoms with Gasteiger partial charge in [-0.05, 0) is 17.7 Å². The van der Waals surface area contributed by atoms with Crippen LogP contribution in [0.3, 0.4) is 0 Å². The van der Waals surface area contributed by atoms with Crippen molar-refractivity contribution in [2.75, 3.05) is 4.90 Å². The van der Waals surface area contributed by atoms with Crippen LogP contribution in [0.15, 0.2) is 76.2 Å². The van der Waals surface area contributed by atoms with Gasteiger partial charge in [0.15, 0.2) is 5.13 Å². The summed E-state index contributed by atoms with van der Waals surface area (Å²) < 4.78 is 0.875. The number of rotatable bonds is 3. The minimum atomic E-state index is -0.746. The fraction of sp³-hybridized carbons (Fsp3) is 0.0500. The SMILES string of the molecule is O=C1C(=O)N(c2nccs2)C(c2ccc(Br)cc2)C1=C(O)c1ccccc1. The van der Waals surface area contributed by atoms with Crippen LogP contribution in [0.5, 0.6) is 0 Å². The van der Waals surface area contributed by atoms with E-state index < -0.39 is 17.7 Å². The highest BCUT2D eigenvalue weighted by atomic mass is 79.9. The molecule has 1 unspecified atom stereocenters.